The first-order valence-electron chi connectivity index (χ1n) is 38.9. The molecule has 534 valence electrons. The highest BCUT2D eigenvalue weighted by Crippen LogP contribution is 2.30. The standard InChI is InChI=1S/C76H147NO13/c1-3-5-7-9-11-13-15-17-19-20-21-22-23-24-25-26-27-28-29-30-31-32-33-34-35-36-37-38-39-40-41-42-43-44-46-48-50-52-54-56-58-60-68(81)77-64(65(80)59-57-55-53-51-49-47-45-18-16-14-12-10-8-6-4-2)63-87-75-73(86)71(84)74(67(62-79)89-75)90-76-72(85)70(83)69(82)66(61-78)88-76/h57,59,64-67,69-76,78-80,82-86H,3-56,58,60-63H2,1-2H3,(H,77,81)/b59-57+. The number of hydrogen-bond donors (Lipinski definition) is 9. The zero-order valence-corrected chi connectivity index (χ0v) is 58.4. The highest BCUT2D eigenvalue weighted by Gasteiger charge is 2.51. The van der Waals surface area contributed by atoms with Gasteiger partial charge < -0.3 is 65.1 Å². The normalized spacial score (nSPS) is 22.9. The molecule has 0 saturated carbocycles. The van der Waals surface area contributed by atoms with Crippen molar-refractivity contribution in [3.05, 3.63) is 12.2 Å². The van der Waals surface area contributed by atoms with Crippen molar-refractivity contribution >= 4 is 5.91 Å². The number of allylic oxidation sites excluding steroid dienone is 1. The van der Waals surface area contributed by atoms with Crippen molar-refractivity contribution in [1.82, 2.24) is 5.32 Å². The van der Waals surface area contributed by atoms with E-state index in [1.54, 1.807) is 6.08 Å². The minimum Gasteiger partial charge on any atom is -0.394 e. The van der Waals surface area contributed by atoms with E-state index in [9.17, 15) is 45.6 Å². The van der Waals surface area contributed by atoms with Crippen LogP contribution in [0.5, 0.6) is 0 Å². The lowest BCUT2D eigenvalue weighted by molar-refractivity contribution is -0.359. The third-order valence-corrected chi connectivity index (χ3v) is 19.5. The van der Waals surface area contributed by atoms with E-state index in [2.05, 4.69) is 19.2 Å². The number of amides is 1. The summed E-state index contributed by atoms with van der Waals surface area (Å²) in [6.07, 6.45) is 60.4. The Hall–Kier alpha value is -1.27. The smallest absolute Gasteiger partial charge is 0.220 e. The third-order valence-electron chi connectivity index (χ3n) is 19.5. The van der Waals surface area contributed by atoms with Gasteiger partial charge in [0.1, 0.15) is 48.8 Å². The van der Waals surface area contributed by atoms with Crippen molar-refractivity contribution in [1.29, 1.82) is 0 Å². The van der Waals surface area contributed by atoms with Gasteiger partial charge in [0.15, 0.2) is 12.6 Å². The summed E-state index contributed by atoms with van der Waals surface area (Å²) in [5.74, 6) is -0.231. The van der Waals surface area contributed by atoms with E-state index in [1.165, 1.54) is 308 Å². The Morgan fingerprint density at radius 2 is 0.689 bits per heavy atom. The minimum atomic E-state index is -1.79. The summed E-state index contributed by atoms with van der Waals surface area (Å²) in [6, 6.07) is -0.911. The molecule has 2 heterocycles. The van der Waals surface area contributed by atoms with Gasteiger partial charge in [-0.25, -0.2) is 0 Å². The van der Waals surface area contributed by atoms with Crippen LogP contribution in [-0.2, 0) is 23.7 Å². The lowest BCUT2D eigenvalue weighted by Crippen LogP contribution is -2.65. The van der Waals surface area contributed by atoms with Crippen LogP contribution in [0.15, 0.2) is 12.2 Å². The third kappa shape index (κ3) is 44.5. The second-order valence-electron chi connectivity index (χ2n) is 27.9. The van der Waals surface area contributed by atoms with Crippen LogP contribution in [0.25, 0.3) is 0 Å². The van der Waals surface area contributed by atoms with Gasteiger partial charge in [-0.3, -0.25) is 4.79 Å². The van der Waals surface area contributed by atoms with E-state index in [4.69, 9.17) is 18.9 Å². The Morgan fingerprint density at radius 3 is 1.02 bits per heavy atom. The number of carbonyl (C=O) groups is 1. The Kier molecular flexibility index (Phi) is 57.8. The van der Waals surface area contributed by atoms with Gasteiger partial charge in [-0.1, -0.05) is 360 Å². The second-order valence-corrected chi connectivity index (χ2v) is 27.9. The SMILES string of the molecule is CCCCCCCCCCCCCCC/C=C/C(O)C(COC1OC(CO)C(OC2OC(CO)C(O)C(O)C2O)C(O)C1O)NC(=O)CCCCCCCCCCCCCCCCCCCCCCCCCCCCCCCCCCCCCCCCCCC. The summed E-state index contributed by atoms with van der Waals surface area (Å²) < 4.78 is 22.9. The fourth-order valence-electron chi connectivity index (χ4n) is 13.3. The van der Waals surface area contributed by atoms with Crippen LogP contribution >= 0.6 is 0 Å². The molecule has 0 bridgehead atoms. The predicted octanol–water partition coefficient (Wildman–Crippen LogP) is 16.9. The molecule has 12 atom stereocenters. The molecule has 2 fully saturated rings. The van der Waals surface area contributed by atoms with Crippen LogP contribution in [-0.4, -0.2) is 140 Å². The molecule has 1 amide bonds. The number of aliphatic hydroxyl groups is 8. The Bertz CT molecular complexity index is 1560. The second kappa shape index (κ2) is 61.3. The predicted molar refractivity (Wildman–Crippen MR) is 369 cm³/mol. The zero-order chi connectivity index (χ0) is 65.2. The van der Waals surface area contributed by atoms with E-state index >= 15 is 0 Å². The van der Waals surface area contributed by atoms with Crippen LogP contribution in [0.1, 0.15) is 373 Å². The first-order chi connectivity index (χ1) is 44.1. The highest BCUT2D eigenvalue weighted by molar-refractivity contribution is 5.76. The molecule has 2 saturated heterocycles. The first kappa shape index (κ1) is 84.8. The maximum Gasteiger partial charge on any atom is 0.220 e. The molecule has 90 heavy (non-hydrogen) atoms. The van der Waals surface area contributed by atoms with Crippen LogP contribution < -0.4 is 5.32 Å². The molecule has 2 aliphatic heterocycles. The summed E-state index contributed by atoms with van der Waals surface area (Å²) in [5.41, 5.74) is 0. The van der Waals surface area contributed by atoms with E-state index < -0.39 is 86.8 Å². The van der Waals surface area contributed by atoms with Gasteiger partial charge in [-0.2, -0.15) is 0 Å². The van der Waals surface area contributed by atoms with Gasteiger partial charge in [-0.05, 0) is 19.3 Å². The number of unbranched alkanes of at least 4 members (excludes halogenated alkanes) is 53. The number of rotatable bonds is 66. The maximum atomic E-state index is 13.3. The number of aliphatic hydroxyl groups excluding tert-OH is 8. The molecule has 0 aliphatic carbocycles. The molecule has 14 nitrogen and oxygen atoms in total. The Labute approximate surface area is 552 Å². The molecule has 2 rings (SSSR count). The fourth-order valence-corrected chi connectivity index (χ4v) is 13.3. The first-order valence-corrected chi connectivity index (χ1v) is 38.9. The number of carbonyl (C=O) groups excluding carboxylic acids is 1. The summed E-state index contributed by atoms with van der Waals surface area (Å²) in [4.78, 5) is 13.3. The van der Waals surface area contributed by atoms with Crippen molar-refractivity contribution in [2.45, 2.75) is 447 Å². The van der Waals surface area contributed by atoms with Crippen LogP contribution in [0, 0.1) is 0 Å². The van der Waals surface area contributed by atoms with Gasteiger partial charge >= 0.3 is 0 Å². The molecule has 0 radical (unpaired) electrons. The van der Waals surface area contributed by atoms with Crippen molar-refractivity contribution in [3.8, 4) is 0 Å². The Balaban J connectivity index is 1.52. The van der Waals surface area contributed by atoms with Crippen molar-refractivity contribution in [2.24, 2.45) is 0 Å². The number of ether oxygens (including phenoxy) is 4. The van der Waals surface area contributed by atoms with E-state index in [1.807, 2.05) is 6.08 Å². The monoisotopic (exact) mass is 1280 g/mol. The van der Waals surface area contributed by atoms with E-state index in [0.29, 0.717) is 0 Å². The van der Waals surface area contributed by atoms with Gasteiger partial charge in [0.2, 0.25) is 5.91 Å². The average Bonchev–Trinajstić information content (AvgIpc) is 2.33. The van der Waals surface area contributed by atoms with Gasteiger partial charge in [0.05, 0.1) is 32.0 Å². The molecule has 9 N–H and O–H groups in total. The number of nitrogens with one attached hydrogen (secondary N) is 1. The molecule has 12 unspecified atom stereocenters. The highest BCUT2D eigenvalue weighted by atomic mass is 16.7. The van der Waals surface area contributed by atoms with Crippen LogP contribution in [0.2, 0.25) is 0 Å². The fraction of sp³-hybridized carbons (Fsp3) is 0.961. The molecule has 0 aromatic carbocycles. The van der Waals surface area contributed by atoms with E-state index in [-0.39, 0.29) is 18.9 Å². The minimum absolute atomic E-state index is 0.231. The van der Waals surface area contributed by atoms with Gasteiger partial charge in [-0.15, -0.1) is 0 Å². The van der Waals surface area contributed by atoms with E-state index in [0.717, 1.165) is 44.9 Å². The summed E-state index contributed by atoms with van der Waals surface area (Å²) in [6.45, 7) is 2.85. The van der Waals surface area contributed by atoms with Gasteiger partial charge in [0, 0.05) is 6.42 Å². The van der Waals surface area contributed by atoms with Gasteiger partial charge in [0.25, 0.3) is 0 Å². The van der Waals surface area contributed by atoms with Crippen molar-refractivity contribution < 1.29 is 64.6 Å². The van der Waals surface area contributed by atoms with Crippen LogP contribution in [0.4, 0.5) is 0 Å². The lowest BCUT2D eigenvalue weighted by atomic mass is 9.97. The molecule has 2 aliphatic rings. The maximum absolute atomic E-state index is 13.3. The quantitative estimate of drug-likeness (QED) is 0.0204. The summed E-state index contributed by atoms with van der Waals surface area (Å²) in [5, 5.41) is 87.4. The summed E-state index contributed by atoms with van der Waals surface area (Å²) >= 11 is 0. The molecule has 14 heteroatoms. The van der Waals surface area contributed by atoms with Crippen molar-refractivity contribution in [2.75, 3.05) is 19.8 Å². The van der Waals surface area contributed by atoms with Crippen molar-refractivity contribution in [3.63, 3.8) is 0 Å². The zero-order valence-electron chi connectivity index (χ0n) is 58.4. The van der Waals surface area contributed by atoms with Crippen LogP contribution in [0.3, 0.4) is 0 Å². The average molecular weight is 1280 g/mol. The number of hydrogen-bond acceptors (Lipinski definition) is 13. The molecular formula is C76H147NO13. The summed E-state index contributed by atoms with van der Waals surface area (Å²) in [7, 11) is 0. The topological polar surface area (TPSA) is 228 Å². The Morgan fingerprint density at radius 1 is 0.389 bits per heavy atom. The molecular weight excluding hydrogens is 1130 g/mol. The largest absolute Gasteiger partial charge is 0.394 e. The molecule has 0 spiro atoms. The lowest BCUT2D eigenvalue weighted by Gasteiger charge is -2.46. The molecule has 0 aromatic heterocycles. The molecule has 0 aromatic rings.